The van der Waals surface area contributed by atoms with Gasteiger partial charge in [0.15, 0.2) is 5.78 Å². The van der Waals surface area contributed by atoms with Crippen LogP contribution in [-0.2, 0) is 17.8 Å². The largest absolute Gasteiger partial charge is 0.351 e. The molecule has 0 saturated heterocycles. The lowest BCUT2D eigenvalue weighted by Gasteiger charge is -2.01. The lowest BCUT2D eigenvalue weighted by molar-refractivity contribution is -0.120. The fraction of sp³-hybridized carbons (Fsp3) is 0.231. The Morgan fingerprint density at radius 2 is 2.16 bits per heavy atom. The van der Waals surface area contributed by atoms with Crippen LogP contribution in [0.4, 0.5) is 0 Å². The van der Waals surface area contributed by atoms with Crippen LogP contribution in [0, 0.1) is 0 Å². The van der Waals surface area contributed by atoms with Crippen molar-refractivity contribution in [2.45, 2.75) is 19.9 Å². The summed E-state index contributed by atoms with van der Waals surface area (Å²) in [6, 6.07) is 5.48. The van der Waals surface area contributed by atoms with E-state index in [-0.39, 0.29) is 11.7 Å². The molecule has 0 aliphatic heterocycles. The van der Waals surface area contributed by atoms with Gasteiger partial charge in [0, 0.05) is 4.88 Å². The Morgan fingerprint density at radius 1 is 1.37 bits per heavy atom. The van der Waals surface area contributed by atoms with Gasteiger partial charge in [-0.15, -0.1) is 22.7 Å². The maximum absolute atomic E-state index is 11.8. The second-order valence-electron chi connectivity index (χ2n) is 4.03. The van der Waals surface area contributed by atoms with Crippen LogP contribution in [0.25, 0.3) is 0 Å². The number of halogens is 1. The molecule has 0 fully saturated rings. The molecule has 2 heterocycles. The molecule has 0 unspecified atom stereocenters. The molecule has 0 aromatic carbocycles. The summed E-state index contributed by atoms with van der Waals surface area (Å²) < 4.78 is 0.716. The number of hydrogen-bond acceptors (Lipinski definition) is 4. The van der Waals surface area contributed by atoms with Crippen molar-refractivity contribution in [3.8, 4) is 0 Å². The molecule has 19 heavy (non-hydrogen) atoms. The summed E-state index contributed by atoms with van der Waals surface area (Å²) in [5.74, 6) is -0.0256. The molecule has 0 radical (unpaired) electrons. The van der Waals surface area contributed by atoms with E-state index in [1.807, 2.05) is 17.5 Å². The zero-order chi connectivity index (χ0) is 13.8. The number of ketones is 1. The minimum absolute atomic E-state index is 0.0323. The third-order valence-corrected chi connectivity index (χ3v) is 4.77. The summed E-state index contributed by atoms with van der Waals surface area (Å²) in [5.41, 5.74) is 0.872. The van der Waals surface area contributed by atoms with E-state index < -0.39 is 0 Å². The van der Waals surface area contributed by atoms with Gasteiger partial charge in [-0.3, -0.25) is 9.59 Å². The molecule has 3 nitrogen and oxygen atoms in total. The first-order valence-corrected chi connectivity index (χ1v) is 7.71. The fourth-order valence-electron chi connectivity index (χ4n) is 1.53. The number of nitrogens with one attached hydrogen (secondary N) is 1. The Labute approximate surface area is 124 Å². The number of rotatable bonds is 5. The summed E-state index contributed by atoms with van der Waals surface area (Å²) in [5, 5.41) is 4.68. The summed E-state index contributed by atoms with van der Waals surface area (Å²) in [6.07, 6.45) is 0.295. The average molecular weight is 314 g/mol. The highest BCUT2D eigenvalue weighted by Gasteiger charge is 2.08. The quantitative estimate of drug-likeness (QED) is 0.858. The highest BCUT2D eigenvalue weighted by atomic mass is 35.5. The summed E-state index contributed by atoms with van der Waals surface area (Å²) in [6.45, 7) is 2.01. The van der Waals surface area contributed by atoms with Gasteiger partial charge < -0.3 is 5.32 Å². The third-order valence-electron chi connectivity index (χ3n) is 2.45. The van der Waals surface area contributed by atoms with Crippen LogP contribution in [-0.4, -0.2) is 11.7 Å². The second-order valence-corrected chi connectivity index (χ2v) is 6.75. The molecule has 0 bridgehead atoms. The van der Waals surface area contributed by atoms with Crippen LogP contribution < -0.4 is 5.32 Å². The lowest BCUT2D eigenvalue weighted by Crippen LogP contribution is -2.23. The number of thiophene rings is 2. The molecule has 100 valence electrons. The van der Waals surface area contributed by atoms with Crippen molar-refractivity contribution >= 4 is 46.0 Å². The van der Waals surface area contributed by atoms with Gasteiger partial charge in [0.2, 0.25) is 5.91 Å². The van der Waals surface area contributed by atoms with Crippen molar-refractivity contribution in [2.75, 3.05) is 0 Å². The first kappa shape index (κ1) is 14.2. The molecule has 0 aliphatic carbocycles. The number of Topliss-reactive ketones (excluding diaryl/α,β-unsaturated/α-hetero) is 1. The number of amides is 1. The van der Waals surface area contributed by atoms with E-state index in [0.29, 0.717) is 22.2 Å². The molecule has 6 heteroatoms. The van der Waals surface area contributed by atoms with E-state index in [1.54, 1.807) is 6.07 Å². The van der Waals surface area contributed by atoms with Crippen LogP contribution in [0.5, 0.6) is 0 Å². The van der Waals surface area contributed by atoms with Crippen LogP contribution in [0.2, 0.25) is 4.34 Å². The topological polar surface area (TPSA) is 46.2 Å². The molecule has 0 spiro atoms. The average Bonchev–Trinajstić information content (AvgIpc) is 2.96. The molecular formula is C13H12ClNO2S2. The molecule has 0 atom stereocenters. The molecule has 0 saturated carbocycles. The summed E-state index contributed by atoms with van der Waals surface area (Å²) in [4.78, 5) is 24.6. The Hall–Kier alpha value is -1.17. The predicted octanol–water partition coefficient (Wildman–Crippen LogP) is 3.52. The van der Waals surface area contributed by atoms with Gasteiger partial charge in [0.05, 0.1) is 22.2 Å². The Bertz CT molecular complexity index is 603. The maximum Gasteiger partial charge on any atom is 0.224 e. The molecule has 2 rings (SSSR count). The minimum Gasteiger partial charge on any atom is -0.351 e. The van der Waals surface area contributed by atoms with Crippen molar-refractivity contribution in [3.05, 3.63) is 43.2 Å². The van der Waals surface area contributed by atoms with E-state index in [2.05, 4.69) is 5.32 Å². The van der Waals surface area contributed by atoms with Gasteiger partial charge in [0.25, 0.3) is 0 Å². The second kappa shape index (κ2) is 6.32. The Kier molecular flexibility index (Phi) is 4.74. The number of carbonyl (C=O) groups is 2. The summed E-state index contributed by atoms with van der Waals surface area (Å²) >= 11 is 8.64. The van der Waals surface area contributed by atoms with Crippen molar-refractivity contribution < 1.29 is 9.59 Å². The van der Waals surface area contributed by atoms with Crippen molar-refractivity contribution in [2.24, 2.45) is 0 Å². The van der Waals surface area contributed by atoms with Gasteiger partial charge in [0.1, 0.15) is 0 Å². The van der Waals surface area contributed by atoms with E-state index in [1.165, 1.54) is 29.6 Å². The van der Waals surface area contributed by atoms with Gasteiger partial charge in [-0.05, 0) is 36.1 Å². The van der Waals surface area contributed by atoms with Crippen LogP contribution >= 0.6 is 34.3 Å². The Balaban J connectivity index is 1.85. The zero-order valence-corrected chi connectivity index (χ0v) is 12.6. The van der Waals surface area contributed by atoms with Crippen LogP contribution in [0.3, 0.4) is 0 Å². The van der Waals surface area contributed by atoms with E-state index in [0.717, 1.165) is 10.4 Å². The predicted molar refractivity (Wildman–Crippen MR) is 79.2 cm³/mol. The van der Waals surface area contributed by atoms with Crippen molar-refractivity contribution in [1.29, 1.82) is 0 Å². The van der Waals surface area contributed by atoms with Gasteiger partial charge in [-0.25, -0.2) is 0 Å². The van der Waals surface area contributed by atoms with Gasteiger partial charge in [-0.2, -0.15) is 0 Å². The zero-order valence-electron chi connectivity index (χ0n) is 10.2. The van der Waals surface area contributed by atoms with Gasteiger partial charge >= 0.3 is 0 Å². The first-order valence-electron chi connectivity index (χ1n) is 5.64. The molecule has 1 amide bonds. The lowest BCUT2D eigenvalue weighted by atomic mass is 10.2. The first-order chi connectivity index (χ1) is 9.04. The van der Waals surface area contributed by atoms with Crippen molar-refractivity contribution in [3.63, 3.8) is 0 Å². The van der Waals surface area contributed by atoms with E-state index in [4.69, 9.17) is 11.6 Å². The smallest absolute Gasteiger partial charge is 0.224 e. The Morgan fingerprint density at radius 3 is 2.74 bits per heavy atom. The molecule has 2 aromatic rings. The normalized spacial score (nSPS) is 10.4. The monoisotopic (exact) mass is 313 g/mol. The summed E-state index contributed by atoms with van der Waals surface area (Å²) in [7, 11) is 0. The number of hydrogen-bond donors (Lipinski definition) is 1. The fourth-order valence-corrected chi connectivity index (χ4v) is 3.38. The standard InChI is InChI=1S/C13H12ClNO2S2/c1-8(16)11-4-9(7-18-11)5-13(17)15-6-10-2-3-12(14)19-10/h2-4,7H,5-6H2,1H3,(H,15,17). The molecule has 0 aliphatic rings. The molecule has 2 aromatic heterocycles. The van der Waals surface area contributed by atoms with Crippen LogP contribution in [0.1, 0.15) is 27.0 Å². The van der Waals surface area contributed by atoms with Gasteiger partial charge in [-0.1, -0.05) is 11.6 Å². The van der Waals surface area contributed by atoms with Crippen molar-refractivity contribution in [1.82, 2.24) is 5.32 Å². The maximum atomic E-state index is 11.8. The number of carbonyl (C=O) groups excluding carboxylic acids is 2. The highest BCUT2D eigenvalue weighted by Crippen LogP contribution is 2.21. The van der Waals surface area contributed by atoms with Crippen LogP contribution in [0.15, 0.2) is 23.6 Å². The SMILES string of the molecule is CC(=O)c1cc(CC(=O)NCc2ccc(Cl)s2)cs1. The van der Waals surface area contributed by atoms with E-state index in [9.17, 15) is 9.59 Å². The third kappa shape index (κ3) is 4.16. The molecule has 1 N–H and O–H groups in total. The molecular weight excluding hydrogens is 302 g/mol. The minimum atomic E-state index is -0.0579. The highest BCUT2D eigenvalue weighted by molar-refractivity contribution is 7.16. The van der Waals surface area contributed by atoms with E-state index >= 15 is 0 Å².